The second-order valence-electron chi connectivity index (χ2n) is 4.14. The van der Waals surface area contributed by atoms with Gasteiger partial charge in [0.2, 0.25) is 0 Å². The number of hydrogen-bond donors (Lipinski definition) is 1. The Kier molecular flexibility index (Phi) is 4.00. The number of aryl methyl sites for hydroxylation is 1. The van der Waals surface area contributed by atoms with Gasteiger partial charge in [-0.15, -0.1) is 0 Å². The van der Waals surface area contributed by atoms with Crippen LogP contribution in [-0.4, -0.2) is 0 Å². The lowest BCUT2D eigenvalue weighted by atomic mass is 10.1. The van der Waals surface area contributed by atoms with Crippen LogP contribution in [0.3, 0.4) is 0 Å². The Morgan fingerprint density at radius 2 is 1.84 bits per heavy atom. The zero-order valence-electron chi connectivity index (χ0n) is 10.1. The third-order valence-electron chi connectivity index (χ3n) is 2.75. The molecule has 2 rings (SSSR count). The third-order valence-corrected chi connectivity index (χ3v) is 3.12. The summed E-state index contributed by atoms with van der Waals surface area (Å²) >= 11 is 5.88. The van der Waals surface area contributed by atoms with Crippen molar-refractivity contribution in [2.75, 3.05) is 5.32 Å². The third kappa shape index (κ3) is 3.01. The van der Waals surface area contributed by atoms with Crippen molar-refractivity contribution in [2.45, 2.75) is 13.5 Å². The number of benzene rings is 2. The predicted molar refractivity (Wildman–Crippen MR) is 69.8 cm³/mol. The number of rotatable bonds is 3. The summed E-state index contributed by atoms with van der Waals surface area (Å²) in [6.07, 6.45) is 0. The lowest BCUT2D eigenvalue weighted by Gasteiger charge is -2.11. The molecule has 0 saturated heterocycles. The number of nitrogens with one attached hydrogen (secondary N) is 1. The SMILES string of the molecule is Cc1ccc(F)c(NCc2cc(F)ccc2Cl)c1F. The summed E-state index contributed by atoms with van der Waals surface area (Å²) in [5, 5.41) is 2.94. The van der Waals surface area contributed by atoms with E-state index in [4.69, 9.17) is 11.6 Å². The fraction of sp³-hybridized carbons (Fsp3) is 0.143. The van der Waals surface area contributed by atoms with Gasteiger partial charge in [-0.05, 0) is 42.3 Å². The van der Waals surface area contributed by atoms with Gasteiger partial charge in [-0.2, -0.15) is 0 Å². The Morgan fingerprint density at radius 1 is 1.11 bits per heavy atom. The van der Waals surface area contributed by atoms with Crippen molar-refractivity contribution in [3.05, 3.63) is 63.9 Å². The van der Waals surface area contributed by atoms with Crippen molar-refractivity contribution in [1.29, 1.82) is 0 Å². The van der Waals surface area contributed by atoms with E-state index in [1.807, 2.05) is 0 Å². The zero-order chi connectivity index (χ0) is 14.0. The maximum absolute atomic E-state index is 13.7. The highest BCUT2D eigenvalue weighted by Crippen LogP contribution is 2.24. The molecule has 0 bridgehead atoms. The number of hydrogen-bond acceptors (Lipinski definition) is 1. The van der Waals surface area contributed by atoms with Gasteiger partial charge in [0, 0.05) is 11.6 Å². The van der Waals surface area contributed by atoms with Crippen molar-refractivity contribution in [2.24, 2.45) is 0 Å². The fourth-order valence-corrected chi connectivity index (χ4v) is 1.87. The monoisotopic (exact) mass is 285 g/mol. The molecule has 0 unspecified atom stereocenters. The number of halogens is 4. The van der Waals surface area contributed by atoms with Gasteiger partial charge in [0.15, 0.2) is 5.82 Å². The van der Waals surface area contributed by atoms with Gasteiger partial charge in [0.05, 0.1) is 0 Å². The van der Waals surface area contributed by atoms with Gasteiger partial charge in [-0.25, -0.2) is 13.2 Å². The number of anilines is 1. The van der Waals surface area contributed by atoms with E-state index in [1.54, 1.807) is 0 Å². The molecule has 0 saturated carbocycles. The lowest BCUT2D eigenvalue weighted by Crippen LogP contribution is -2.05. The first-order chi connectivity index (χ1) is 8.99. The van der Waals surface area contributed by atoms with Crippen LogP contribution >= 0.6 is 11.6 Å². The van der Waals surface area contributed by atoms with E-state index in [1.165, 1.54) is 37.3 Å². The molecule has 0 aliphatic rings. The van der Waals surface area contributed by atoms with Gasteiger partial charge in [0.1, 0.15) is 17.3 Å². The average molecular weight is 286 g/mol. The second-order valence-corrected chi connectivity index (χ2v) is 4.55. The second kappa shape index (κ2) is 5.53. The molecule has 0 fully saturated rings. The fourth-order valence-electron chi connectivity index (χ4n) is 1.68. The molecule has 1 nitrogen and oxygen atoms in total. The van der Waals surface area contributed by atoms with Crippen molar-refractivity contribution in [3.8, 4) is 0 Å². The molecule has 5 heteroatoms. The van der Waals surface area contributed by atoms with Crippen LogP contribution in [0.2, 0.25) is 5.02 Å². The largest absolute Gasteiger partial charge is 0.376 e. The summed E-state index contributed by atoms with van der Waals surface area (Å²) in [6, 6.07) is 6.37. The summed E-state index contributed by atoms with van der Waals surface area (Å²) in [5.74, 6) is -1.81. The van der Waals surface area contributed by atoms with Crippen LogP contribution in [0.1, 0.15) is 11.1 Å². The quantitative estimate of drug-likeness (QED) is 0.863. The van der Waals surface area contributed by atoms with Crippen molar-refractivity contribution in [1.82, 2.24) is 0 Å². The Labute approximate surface area is 114 Å². The molecule has 0 spiro atoms. The highest BCUT2D eigenvalue weighted by atomic mass is 35.5. The van der Waals surface area contributed by atoms with E-state index < -0.39 is 17.5 Å². The first kappa shape index (κ1) is 13.7. The maximum Gasteiger partial charge on any atom is 0.152 e. The topological polar surface area (TPSA) is 12.0 Å². The molecule has 19 heavy (non-hydrogen) atoms. The van der Waals surface area contributed by atoms with Crippen LogP contribution < -0.4 is 5.32 Å². The molecular weight excluding hydrogens is 275 g/mol. The highest BCUT2D eigenvalue weighted by Gasteiger charge is 2.11. The van der Waals surface area contributed by atoms with Crippen LogP contribution in [0.25, 0.3) is 0 Å². The minimum Gasteiger partial charge on any atom is -0.376 e. The molecule has 0 aromatic heterocycles. The Bertz CT molecular complexity index is 614. The van der Waals surface area contributed by atoms with Gasteiger partial charge < -0.3 is 5.32 Å². The predicted octanol–water partition coefficient (Wildman–Crippen LogP) is 4.68. The van der Waals surface area contributed by atoms with Crippen molar-refractivity contribution in [3.63, 3.8) is 0 Å². The van der Waals surface area contributed by atoms with E-state index in [0.717, 1.165) is 0 Å². The molecule has 0 radical (unpaired) electrons. The standard InChI is InChI=1S/C14H11ClF3N/c1-8-2-5-12(17)14(13(8)18)19-7-9-6-10(16)3-4-11(9)15/h2-6,19H,7H2,1H3. The van der Waals surface area contributed by atoms with E-state index in [-0.39, 0.29) is 12.2 Å². The molecule has 2 aromatic rings. The van der Waals surface area contributed by atoms with Crippen molar-refractivity contribution >= 4 is 17.3 Å². The lowest BCUT2D eigenvalue weighted by molar-refractivity contribution is 0.582. The minimum absolute atomic E-state index is 0.0356. The van der Waals surface area contributed by atoms with E-state index in [9.17, 15) is 13.2 Å². The molecule has 0 amide bonds. The van der Waals surface area contributed by atoms with E-state index in [0.29, 0.717) is 16.1 Å². The zero-order valence-corrected chi connectivity index (χ0v) is 10.9. The minimum atomic E-state index is -0.698. The molecule has 0 heterocycles. The summed E-state index contributed by atoms with van der Waals surface area (Å²) in [6.45, 7) is 1.57. The van der Waals surface area contributed by atoms with Crippen LogP contribution in [0.5, 0.6) is 0 Å². The Balaban J connectivity index is 2.24. The molecule has 100 valence electrons. The Hall–Kier alpha value is -1.68. The summed E-state index contributed by atoms with van der Waals surface area (Å²) in [4.78, 5) is 0. The molecule has 1 N–H and O–H groups in total. The van der Waals surface area contributed by atoms with Crippen LogP contribution in [0.4, 0.5) is 18.9 Å². The van der Waals surface area contributed by atoms with Gasteiger partial charge in [-0.3, -0.25) is 0 Å². The first-order valence-electron chi connectivity index (χ1n) is 5.61. The highest BCUT2D eigenvalue weighted by molar-refractivity contribution is 6.31. The molecular formula is C14H11ClF3N. The smallest absolute Gasteiger partial charge is 0.152 e. The molecule has 0 aliphatic carbocycles. The molecule has 0 aliphatic heterocycles. The average Bonchev–Trinajstić information content (AvgIpc) is 2.38. The van der Waals surface area contributed by atoms with Gasteiger partial charge in [-0.1, -0.05) is 17.7 Å². The summed E-state index contributed by atoms with van der Waals surface area (Å²) in [7, 11) is 0. The summed E-state index contributed by atoms with van der Waals surface area (Å²) in [5.41, 5.74) is 0.525. The summed E-state index contributed by atoms with van der Waals surface area (Å²) < 4.78 is 40.3. The van der Waals surface area contributed by atoms with Gasteiger partial charge >= 0.3 is 0 Å². The van der Waals surface area contributed by atoms with Crippen LogP contribution in [0, 0.1) is 24.4 Å². The molecule has 2 aromatic carbocycles. The van der Waals surface area contributed by atoms with E-state index >= 15 is 0 Å². The van der Waals surface area contributed by atoms with Crippen LogP contribution in [0.15, 0.2) is 30.3 Å². The normalized spacial score (nSPS) is 10.6. The molecule has 0 atom stereocenters. The first-order valence-corrected chi connectivity index (χ1v) is 5.99. The van der Waals surface area contributed by atoms with Crippen LogP contribution in [-0.2, 0) is 6.54 Å². The van der Waals surface area contributed by atoms with Crippen molar-refractivity contribution < 1.29 is 13.2 Å². The maximum atomic E-state index is 13.7. The van der Waals surface area contributed by atoms with Gasteiger partial charge in [0.25, 0.3) is 0 Å². The van der Waals surface area contributed by atoms with E-state index in [2.05, 4.69) is 5.32 Å². The Morgan fingerprint density at radius 3 is 2.58 bits per heavy atom.